The maximum Gasteiger partial charge on any atom is 0.251 e. The Morgan fingerprint density at radius 2 is 1.94 bits per heavy atom. The molecule has 4 heteroatoms. The lowest BCUT2D eigenvalue weighted by molar-refractivity contribution is 0.0936. The van der Waals surface area contributed by atoms with Crippen LogP contribution in [0, 0.1) is 11.8 Å². The van der Waals surface area contributed by atoms with E-state index in [2.05, 4.69) is 10.3 Å². The number of carbonyl (C=O) groups is 1. The number of amides is 1. The van der Waals surface area contributed by atoms with Crippen LogP contribution in [0.2, 0.25) is 0 Å². The second-order valence-electron chi connectivity index (χ2n) is 4.90. The van der Waals surface area contributed by atoms with Crippen LogP contribution in [0.5, 0.6) is 0 Å². The number of rotatable bonds is 4. The number of hydrogen-bond acceptors (Lipinski definition) is 2. The molecule has 0 bridgehead atoms. The molecule has 1 N–H and O–H groups in total. The summed E-state index contributed by atoms with van der Waals surface area (Å²) in [4.78, 5) is 15.8. The summed E-state index contributed by atoms with van der Waals surface area (Å²) < 4.78 is 0. The summed E-state index contributed by atoms with van der Waals surface area (Å²) >= 11 is 5.99. The molecule has 18 heavy (non-hydrogen) atoms. The Morgan fingerprint density at radius 3 is 2.61 bits per heavy atom. The molecule has 98 valence electrons. The van der Waals surface area contributed by atoms with E-state index in [1.165, 1.54) is 25.7 Å². The van der Waals surface area contributed by atoms with Gasteiger partial charge in [-0.15, -0.1) is 11.6 Å². The number of pyridine rings is 1. The van der Waals surface area contributed by atoms with E-state index < -0.39 is 0 Å². The van der Waals surface area contributed by atoms with Crippen LogP contribution < -0.4 is 5.32 Å². The van der Waals surface area contributed by atoms with Crippen molar-refractivity contribution >= 4 is 17.5 Å². The summed E-state index contributed by atoms with van der Waals surface area (Å²) in [5, 5.41) is 3.01. The Labute approximate surface area is 113 Å². The molecule has 1 fully saturated rings. The average Bonchev–Trinajstić information content (AvgIpc) is 2.46. The van der Waals surface area contributed by atoms with Crippen molar-refractivity contribution in [2.24, 2.45) is 11.8 Å². The van der Waals surface area contributed by atoms with E-state index >= 15 is 0 Å². The predicted octanol–water partition coefficient (Wildman–Crippen LogP) is 2.86. The molecule has 0 spiro atoms. The number of carbonyl (C=O) groups excluding carboxylic acids is 1. The smallest absolute Gasteiger partial charge is 0.251 e. The number of nitrogens with zero attached hydrogens (tertiary/aromatic N) is 1. The molecule has 1 saturated carbocycles. The Bertz CT molecular complexity index is 383. The molecule has 0 aromatic carbocycles. The van der Waals surface area contributed by atoms with Crippen molar-refractivity contribution in [2.45, 2.75) is 25.7 Å². The van der Waals surface area contributed by atoms with Gasteiger partial charge in [-0.1, -0.05) is 12.8 Å². The summed E-state index contributed by atoms with van der Waals surface area (Å²) in [6.07, 6.45) is 8.16. The van der Waals surface area contributed by atoms with Crippen molar-refractivity contribution in [1.29, 1.82) is 0 Å². The molecule has 1 heterocycles. The molecular weight excluding hydrogens is 248 g/mol. The van der Waals surface area contributed by atoms with Gasteiger partial charge in [0.05, 0.1) is 0 Å². The SMILES string of the molecule is O=C(NCC1CCCCC1CCl)c1ccncc1. The molecular formula is C14H19ClN2O. The summed E-state index contributed by atoms with van der Waals surface area (Å²) in [6.45, 7) is 0.735. The molecule has 2 rings (SSSR count). The van der Waals surface area contributed by atoms with Gasteiger partial charge in [0, 0.05) is 30.4 Å². The quantitative estimate of drug-likeness (QED) is 0.852. The maximum absolute atomic E-state index is 11.9. The maximum atomic E-state index is 11.9. The molecule has 1 aliphatic rings. The monoisotopic (exact) mass is 266 g/mol. The van der Waals surface area contributed by atoms with Crippen LogP contribution >= 0.6 is 11.6 Å². The van der Waals surface area contributed by atoms with Crippen LogP contribution in [0.4, 0.5) is 0 Å². The highest BCUT2D eigenvalue weighted by molar-refractivity contribution is 6.18. The molecule has 1 aromatic heterocycles. The lowest BCUT2D eigenvalue weighted by atomic mass is 9.80. The first kappa shape index (κ1) is 13.3. The zero-order chi connectivity index (χ0) is 12.8. The van der Waals surface area contributed by atoms with Crippen LogP contribution in [0.15, 0.2) is 24.5 Å². The van der Waals surface area contributed by atoms with Gasteiger partial charge >= 0.3 is 0 Å². The van der Waals surface area contributed by atoms with E-state index in [-0.39, 0.29) is 5.91 Å². The van der Waals surface area contributed by atoms with Gasteiger partial charge in [-0.05, 0) is 36.8 Å². The Balaban J connectivity index is 1.85. The molecule has 0 aliphatic heterocycles. The molecule has 2 unspecified atom stereocenters. The molecule has 1 amide bonds. The fourth-order valence-corrected chi connectivity index (χ4v) is 2.99. The van der Waals surface area contributed by atoms with Crippen LogP contribution in [-0.4, -0.2) is 23.3 Å². The fourth-order valence-electron chi connectivity index (χ4n) is 2.59. The minimum Gasteiger partial charge on any atom is -0.352 e. The summed E-state index contributed by atoms with van der Waals surface area (Å²) in [7, 11) is 0. The third-order valence-corrected chi connectivity index (χ3v) is 4.13. The lowest BCUT2D eigenvalue weighted by Gasteiger charge is -2.30. The number of halogens is 1. The molecule has 3 nitrogen and oxygen atoms in total. The molecule has 1 aliphatic carbocycles. The van der Waals surface area contributed by atoms with E-state index in [1.54, 1.807) is 24.5 Å². The second-order valence-corrected chi connectivity index (χ2v) is 5.21. The van der Waals surface area contributed by atoms with E-state index in [9.17, 15) is 4.79 Å². The average molecular weight is 267 g/mol. The predicted molar refractivity (Wildman–Crippen MR) is 72.7 cm³/mol. The molecule has 0 saturated heterocycles. The van der Waals surface area contributed by atoms with Crippen molar-refractivity contribution < 1.29 is 4.79 Å². The van der Waals surface area contributed by atoms with Gasteiger partial charge in [0.25, 0.3) is 5.91 Å². The summed E-state index contributed by atoms with van der Waals surface area (Å²) in [5.74, 6) is 1.77. The van der Waals surface area contributed by atoms with Crippen molar-refractivity contribution in [2.75, 3.05) is 12.4 Å². The first-order chi connectivity index (χ1) is 8.81. The number of hydrogen-bond donors (Lipinski definition) is 1. The van der Waals surface area contributed by atoms with Crippen LogP contribution in [0.25, 0.3) is 0 Å². The van der Waals surface area contributed by atoms with Gasteiger partial charge < -0.3 is 5.32 Å². The number of nitrogens with one attached hydrogen (secondary N) is 1. The van der Waals surface area contributed by atoms with Crippen LogP contribution in [-0.2, 0) is 0 Å². The van der Waals surface area contributed by atoms with Gasteiger partial charge in [0.15, 0.2) is 0 Å². The van der Waals surface area contributed by atoms with Crippen molar-refractivity contribution in [3.05, 3.63) is 30.1 Å². The minimum absolute atomic E-state index is 0.0173. The zero-order valence-corrected chi connectivity index (χ0v) is 11.2. The first-order valence-corrected chi connectivity index (χ1v) is 7.09. The largest absolute Gasteiger partial charge is 0.352 e. The third-order valence-electron chi connectivity index (χ3n) is 3.73. The third kappa shape index (κ3) is 3.45. The van der Waals surface area contributed by atoms with Crippen molar-refractivity contribution in [3.63, 3.8) is 0 Å². The van der Waals surface area contributed by atoms with Gasteiger partial charge in [0.2, 0.25) is 0 Å². The van der Waals surface area contributed by atoms with Crippen molar-refractivity contribution in [3.8, 4) is 0 Å². The van der Waals surface area contributed by atoms with Crippen molar-refractivity contribution in [1.82, 2.24) is 10.3 Å². The van der Waals surface area contributed by atoms with Gasteiger partial charge in [0.1, 0.15) is 0 Å². The Kier molecular flexibility index (Phi) is 5.00. The summed E-state index contributed by atoms with van der Waals surface area (Å²) in [6, 6.07) is 3.46. The van der Waals surface area contributed by atoms with E-state index in [1.807, 2.05) is 0 Å². The molecule has 0 radical (unpaired) electrons. The molecule has 1 aromatic rings. The first-order valence-electron chi connectivity index (χ1n) is 6.55. The Morgan fingerprint density at radius 1 is 1.28 bits per heavy atom. The molecule has 2 atom stereocenters. The van der Waals surface area contributed by atoms with E-state index in [4.69, 9.17) is 11.6 Å². The second kappa shape index (κ2) is 6.74. The van der Waals surface area contributed by atoms with Gasteiger partial charge in [-0.3, -0.25) is 9.78 Å². The fraction of sp³-hybridized carbons (Fsp3) is 0.571. The Hall–Kier alpha value is -1.09. The summed E-state index contributed by atoms with van der Waals surface area (Å²) in [5.41, 5.74) is 0.670. The van der Waals surface area contributed by atoms with Crippen LogP contribution in [0.1, 0.15) is 36.0 Å². The van der Waals surface area contributed by atoms with Gasteiger partial charge in [-0.2, -0.15) is 0 Å². The van der Waals surface area contributed by atoms with E-state index in [0.717, 1.165) is 6.54 Å². The highest BCUT2D eigenvalue weighted by Crippen LogP contribution is 2.30. The topological polar surface area (TPSA) is 42.0 Å². The lowest BCUT2D eigenvalue weighted by Crippen LogP contribution is -2.34. The zero-order valence-electron chi connectivity index (χ0n) is 10.4. The standard InChI is InChI=1S/C14H19ClN2O/c15-9-12-3-1-2-4-13(12)10-17-14(18)11-5-7-16-8-6-11/h5-8,12-13H,1-4,9-10H2,(H,17,18). The van der Waals surface area contributed by atoms with E-state index in [0.29, 0.717) is 23.3 Å². The highest BCUT2D eigenvalue weighted by Gasteiger charge is 2.24. The highest BCUT2D eigenvalue weighted by atomic mass is 35.5. The number of aromatic nitrogens is 1. The normalized spacial score (nSPS) is 23.6. The van der Waals surface area contributed by atoms with Gasteiger partial charge in [-0.25, -0.2) is 0 Å². The van der Waals surface area contributed by atoms with Crippen LogP contribution in [0.3, 0.4) is 0 Å². The minimum atomic E-state index is -0.0173. The number of alkyl halides is 1.